The van der Waals surface area contributed by atoms with Gasteiger partial charge < -0.3 is 4.74 Å². The first kappa shape index (κ1) is 32.7. The van der Waals surface area contributed by atoms with Crippen LogP contribution in [0.3, 0.4) is 0 Å². The second-order valence-corrected chi connectivity index (χ2v) is 16.6. The number of hydrogen-bond acceptors (Lipinski definition) is 4. The highest BCUT2D eigenvalue weighted by Gasteiger charge is 2.51. The Morgan fingerprint density at radius 2 is 1.08 bits per heavy atom. The van der Waals surface area contributed by atoms with Crippen LogP contribution in [0.25, 0.3) is 86.7 Å². The van der Waals surface area contributed by atoms with Crippen LogP contribution < -0.4 is 4.74 Å². The molecule has 11 aromatic rings. The summed E-state index contributed by atoms with van der Waals surface area (Å²) in [7, 11) is 0. The van der Waals surface area contributed by atoms with E-state index >= 15 is 0 Å². The number of ether oxygens (including phenoxy) is 1. The molecule has 1 aliphatic heterocycles. The van der Waals surface area contributed by atoms with Crippen LogP contribution in [0.5, 0.6) is 11.5 Å². The zero-order chi connectivity index (χ0) is 38.7. The molecule has 1 aliphatic carbocycles. The third-order valence-corrected chi connectivity index (χ3v) is 13.7. The number of nitrogens with zero attached hydrogens (tertiary/aromatic N) is 2. The number of fused-ring (bicyclic) bond motifs is 15. The molecule has 9 aromatic carbocycles. The van der Waals surface area contributed by atoms with E-state index in [0.29, 0.717) is 0 Å². The summed E-state index contributed by atoms with van der Waals surface area (Å²) < 4.78 is 9.17. The molecule has 3 heterocycles. The van der Waals surface area contributed by atoms with Crippen LogP contribution in [0.4, 0.5) is 0 Å². The number of hydrogen-bond donors (Lipinski definition) is 0. The molecule has 1 unspecified atom stereocenters. The van der Waals surface area contributed by atoms with Crippen molar-refractivity contribution in [3.05, 3.63) is 216 Å². The largest absolute Gasteiger partial charge is 0.456 e. The molecule has 0 fully saturated rings. The maximum Gasteiger partial charge on any atom is 0.161 e. The first-order valence-electron chi connectivity index (χ1n) is 20.1. The Balaban J connectivity index is 1.08. The standard InChI is InChI=1S/C55H32N2OS/c1-2-14-33(15-3-1)36-20-12-22-39-38(36)21-13-23-41(39)54-56-50(53-51(57-54)42-19-7-11-27-49(42)59-53)35-29-30-45-43(32-35)40-18-6-8-24-44(40)55(45)46-25-9-10-26-48(46)58-52-37-17-5-4-16-34(37)28-31-47(52)55/h1-32H. The van der Waals surface area contributed by atoms with Crippen LogP contribution in [-0.2, 0) is 5.41 Å². The van der Waals surface area contributed by atoms with Gasteiger partial charge in [0.1, 0.15) is 11.5 Å². The van der Waals surface area contributed by atoms with Gasteiger partial charge in [0, 0.05) is 37.7 Å². The number of thiophene rings is 1. The fourth-order valence-corrected chi connectivity index (χ4v) is 11.2. The molecule has 2 aliphatic rings. The Bertz CT molecular complexity index is 3550. The van der Waals surface area contributed by atoms with Crippen molar-refractivity contribution >= 4 is 53.2 Å². The minimum atomic E-state index is -0.568. The molecule has 1 atom stereocenters. The molecule has 59 heavy (non-hydrogen) atoms. The zero-order valence-corrected chi connectivity index (χ0v) is 32.5. The van der Waals surface area contributed by atoms with Crippen LogP contribution in [0.1, 0.15) is 22.3 Å². The quantitative estimate of drug-likeness (QED) is 0.180. The van der Waals surface area contributed by atoms with Gasteiger partial charge in [0.25, 0.3) is 0 Å². The number of aromatic nitrogens is 2. The molecule has 274 valence electrons. The topological polar surface area (TPSA) is 35.0 Å². The van der Waals surface area contributed by atoms with Gasteiger partial charge in [-0.15, -0.1) is 11.3 Å². The molecule has 2 aromatic heterocycles. The summed E-state index contributed by atoms with van der Waals surface area (Å²) in [5, 5.41) is 5.74. The molecule has 0 bridgehead atoms. The lowest BCUT2D eigenvalue weighted by atomic mass is 9.65. The Morgan fingerprint density at radius 1 is 0.424 bits per heavy atom. The zero-order valence-electron chi connectivity index (χ0n) is 31.7. The predicted molar refractivity (Wildman–Crippen MR) is 244 cm³/mol. The molecule has 0 N–H and O–H groups in total. The minimum Gasteiger partial charge on any atom is -0.456 e. The fourth-order valence-electron chi connectivity index (χ4n) is 10.1. The number of para-hydroxylation sites is 1. The average molecular weight is 769 g/mol. The smallest absolute Gasteiger partial charge is 0.161 e. The summed E-state index contributed by atoms with van der Waals surface area (Å²) in [5.74, 6) is 2.54. The molecule has 0 amide bonds. The molecular formula is C55H32N2OS. The molecule has 1 spiro atoms. The van der Waals surface area contributed by atoms with Gasteiger partial charge in [-0.3, -0.25) is 0 Å². The Labute approximate surface area is 344 Å². The molecule has 0 radical (unpaired) electrons. The second kappa shape index (κ2) is 12.3. The fraction of sp³-hybridized carbons (Fsp3) is 0.0182. The number of benzene rings is 9. The molecule has 4 heteroatoms. The maximum absolute atomic E-state index is 6.88. The lowest BCUT2D eigenvalue weighted by Gasteiger charge is -2.39. The van der Waals surface area contributed by atoms with Gasteiger partial charge in [0.15, 0.2) is 5.82 Å². The highest BCUT2D eigenvalue weighted by Crippen LogP contribution is 2.63. The van der Waals surface area contributed by atoms with E-state index in [1.165, 1.54) is 43.5 Å². The van der Waals surface area contributed by atoms with E-state index in [0.717, 1.165) is 77.0 Å². The van der Waals surface area contributed by atoms with Gasteiger partial charge in [0.05, 0.1) is 21.3 Å². The summed E-state index contributed by atoms with van der Waals surface area (Å²) in [4.78, 5) is 11.0. The highest BCUT2D eigenvalue weighted by molar-refractivity contribution is 7.26. The first-order valence-corrected chi connectivity index (χ1v) is 20.9. The van der Waals surface area contributed by atoms with Crippen molar-refractivity contribution in [2.24, 2.45) is 0 Å². The van der Waals surface area contributed by atoms with Crippen molar-refractivity contribution in [3.63, 3.8) is 0 Å². The van der Waals surface area contributed by atoms with Crippen molar-refractivity contribution in [2.45, 2.75) is 5.41 Å². The van der Waals surface area contributed by atoms with Crippen LogP contribution in [0.15, 0.2) is 194 Å². The first-order chi connectivity index (χ1) is 29.3. The molecule has 13 rings (SSSR count). The Kier molecular flexibility index (Phi) is 6.81. The lowest BCUT2D eigenvalue weighted by molar-refractivity contribution is 0.441. The van der Waals surface area contributed by atoms with Crippen LogP contribution in [-0.4, -0.2) is 9.97 Å². The summed E-state index contributed by atoms with van der Waals surface area (Å²) in [6, 6.07) is 69.9. The third-order valence-electron chi connectivity index (χ3n) is 12.6. The summed E-state index contributed by atoms with van der Waals surface area (Å²) in [6.07, 6.45) is 0. The van der Waals surface area contributed by atoms with Gasteiger partial charge in [-0.1, -0.05) is 176 Å². The van der Waals surface area contributed by atoms with Gasteiger partial charge in [-0.25, -0.2) is 9.97 Å². The van der Waals surface area contributed by atoms with E-state index in [2.05, 4.69) is 194 Å². The van der Waals surface area contributed by atoms with Crippen molar-refractivity contribution in [3.8, 4) is 56.4 Å². The SMILES string of the molecule is c1ccc(-c2cccc3c(-c4nc(-c5ccc6c(c5)-c5ccccc5C65c6ccccc6Oc6c5ccc5ccccc65)c5sc6ccccc6c5n4)cccc23)cc1. The molecule has 3 nitrogen and oxygen atoms in total. The van der Waals surface area contributed by atoms with Gasteiger partial charge in [-0.2, -0.15) is 0 Å². The molecule has 0 saturated carbocycles. The maximum atomic E-state index is 6.88. The predicted octanol–water partition coefficient (Wildman–Crippen LogP) is 14.6. The number of rotatable bonds is 3. The van der Waals surface area contributed by atoms with Crippen LogP contribution in [0, 0.1) is 0 Å². The summed E-state index contributed by atoms with van der Waals surface area (Å²) in [5.41, 5.74) is 13.1. The Morgan fingerprint density at radius 3 is 1.98 bits per heavy atom. The van der Waals surface area contributed by atoms with E-state index in [1.54, 1.807) is 11.3 Å². The van der Waals surface area contributed by atoms with E-state index < -0.39 is 5.41 Å². The van der Waals surface area contributed by atoms with E-state index in [-0.39, 0.29) is 0 Å². The molecular weight excluding hydrogens is 737 g/mol. The monoisotopic (exact) mass is 768 g/mol. The second-order valence-electron chi connectivity index (χ2n) is 15.6. The van der Waals surface area contributed by atoms with Crippen molar-refractivity contribution in [2.75, 3.05) is 0 Å². The summed E-state index contributed by atoms with van der Waals surface area (Å²) in [6.45, 7) is 0. The summed E-state index contributed by atoms with van der Waals surface area (Å²) >= 11 is 1.77. The van der Waals surface area contributed by atoms with E-state index in [4.69, 9.17) is 14.7 Å². The van der Waals surface area contributed by atoms with Gasteiger partial charge in [-0.05, 0) is 67.7 Å². The molecule has 0 saturated heterocycles. The van der Waals surface area contributed by atoms with Crippen molar-refractivity contribution < 1.29 is 4.74 Å². The van der Waals surface area contributed by atoms with Crippen LogP contribution >= 0.6 is 11.3 Å². The van der Waals surface area contributed by atoms with Crippen molar-refractivity contribution in [1.82, 2.24) is 9.97 Å². The lowest BCUT2D eigenvalue weighted by Crippen LogP contribution is -2.32. The Hall–Kier alpha value is -7.40. The normalized spacial score (nSPS) is 15.0. The van der Waals surface area contributed by atoms with E-state index in [1.807, 2.05) is 0 Å². The van der Waals surface area contributed by atoms with Gasteiger partial charge >= 0.3 is 0 Å². The van der Waals surface area contributed by atoms with Crippen LogP contribution in [0.2, 0.25) is 0 Å². The van der Waals surface area contributed by atoms with E-state index in [9.17, 15) is 0 Å². The van der Waals surface area contributed by atoms with Crippen molar-refractivity contribution in [1.29, 1.82) is 0 Å². The average Bonchev–Trinajstić information content (AvgIpc) is 3.82. The minimum absolute atomic E-state index is 0.568. The van der Waals surface area contributed by atoms with Gasteiger partial charge in [0.2, 0.25) is 0 Å². The highest BCUT2D eigenvalue weighted by atomic mass is 32.1. The third kappa shape index (κ3) is 4.52.